The highest BCUT2D eigenvalue weighted by Gasteiger charge is 2.40. The van der Waals surface area contributed by atoms with Gasteiger partial charge in [-0.05, 0) is 38.2 Å². The van der Waals surface area contributed by atoms with Gasteiger partial charge in [-0.15, -0.1) is 0 Å². The number of carbonyl (C=O) groups is 1. The van der Waals surface area contributed by atoms with Crippen molar-refractivity contribution in [2.45, 2.75) is 51.2 Å². The smallest absolute Gasteiger partial charge is 0.169 e. The first kappa shape index (κ1) is 12.3. The van der Waals surface area contributed by atoms with Gasteiger partial charge in [0.2, 0.25) is 0 Å². The van der Waals surface area contributed by atoms with Crippen molar-refractivity contribution in [3.05, 3.63) is 18.0 Å². The molecular formula is C13H20N2O2. The fourth-order valence-corrected chi connectivity index (χ4v) is 2.56. The second kappa shape index (κ2) is 5.00. The highest BCUT2D eigenvalue weighted by molar-refractivity contribution is 5.89. The third-order valence-electron chi connectivity index (χ3n) is 3.69. The van der Waals surface area contributed by atoms with Crippen LogP contribution in [-0.4, -0.2) is 28.3 Å². The monoisotopic (exact) mass is 236 g/mol. The number of hydrogen-bond acceptors (Lipinski definition) is 3. The van der Waals surface area contributed by atoms with Crippen LogP contribution in [0.25, 0.3) is 0 Å². The Balaban J connectivity index is 2.05. The molecule has 0 spiro atoms. The highest BCUT2D eigenvalue weighted by Crippen LogP contribution is 2.34. The number of hydrogen-bond donors (Lipinski definition) is 0. The number of ketones is 1. The van der Waals surface area contributed by atoms with Gasteiger partial charge in [0.05, 0.1) is 6.20 Å². The summed E-state index contributed by atoms with van der Waals surface area (Å²) >= 11 is 0. The molecule has 1 aromatic rings. The Hall–Kier alpha value is -1.16. The van der Waals surface area contributed by atoms with Crippen molar-refractivity contribution in [3.63, 3.8) is 0 Å². The van der Waals surface area contributed by atoms with Gasteiger partial charge in [0.15, 0.2) is 5.78 Å². The molecule has 0 atom stereocenters. The van der Waals surface area contributed by atoms with Crippen molar-refractivity contribution in [2.75, 3.05) is 7.11 Å². The lowest BCUT2D eigenvalue weighted by molar-refractivity contribution is -0.139. The van der Waals surface area contributed by atoms with E-state index in [9.17, 15) is 4.79 Å². The topological polar surface area (TPSA) is 44.1 Å². The van der Waals surface area contributed by atoms with Gasteiger partial charge in [0.25, 0.3) is 0 Å². The normalized spacial score (nSPS) is 18.5. The molecule has 0 aliphatic heterocycles. The van der Waals surface area contributed by atoms with Gasteiger partial charge < -0.3 is 4.74 Å². The fraction of sp³-hybridized carbons (Fsp3) is 0.692. The number of rotatable bonds is 5. The number of methoxy groups -OCH3 is 1. The molecular weight excluding hydrogens is 216 g/mol. The predicted molar refractivity (Wildman–Crippen MR) is 64.8 cm³/mol. The lowest BCUT2D eigenvalue weighted by atomic mass is 9.92. The Morgan fingerprint density at radius 2 is 2.24 bits per heavy atom. The van der Waals surface area contributed by atoms with Gasteiger partial charge in [-0.1, -0.05) is 0 Å². The zero-order valence-corrected chi connectivity index (χ0v) is 10.6. The molecule has 94 valence electrons. The number of carbonyl (C=O) groups excluding carboxylic acids is 1. The first-order valence-electron chi connectivity index (χ1n) is 6.30. The van der Waals surface area contributed by atoms with Gasteiger partial charge in [0, 0.05) is 26.3 Å². The Morgan fingerprint density at radius 3 is 2.76 bits per heavy atom. The van der Waals surface area contributed by atoms with Crippen LogP contribution in [0.15, 0.2) is 12.4 Å². The maximum atomic E-state index is 12.3. The Labute approximate surface area is 102 Å². The van der Waals surface area contributed by atoms with Crippen molar-refractivity contribution >= 4 is 5.78 Å². The van der Waals surface area contributed by atoms with Crippen LogP contribution in [-0.2, 0) is 22.5 Å². The van der Waals surface area contributed by atoms with Gasteiger partial charge in [-0.25, -0.2) is 0 Å². The standard InChI is InChI=1S/C13H20N2O2/c1-3-15-10-11(9-14-15)8-12(16)13(17-2)6-4-5-7-13/h9-10H,3-8H2,1-2H3. The fourth-order valence-electron chi connectivity index (χ4n) is 2.56. The number of aryl methyl sites for hydroxylation is 1. The maximum absolute atomic E-state index is 12.3. The summed E-state index contributed by atoms with van der Waals surface area (Å²) in [6.07, 6.45) is 8.07. The lowest BCUT2D eigenvalue weighted by Gasteiger charge is -2.25. The van der Waals surface area contributed by atoms with E-state index >= 15 is 0 Å². The Morgan fingerprint density at radius 1 is 1.53 bits per heavy atom. The van der Waals surface area contributed by atoms with Gasteiger partial charge in [0.1, 0.15) is 5.60 Å². The third-order valence-corrected chi connectivity index (χ3v) is 3.69. The van der Waals surface area contributed by atoms with Crippen LogP contribution in [0.2, 0.25) is 0 Å². The first-order valence-corrected chi connectivity index (χ1v) is 6.30. The van der Waals surface area contributed by atoms with E-state index in [4.69, 9.17) is 4.74 Å². The molecule has 4 heteroatoms. The Kier molecular flexibility index (Phi) is 3.62. The molecule has 4 nitrogen and oxygen atoms in total. The molecule has 1 fully saturated rings. The van der Waals surface area contributed by atoms with E-state index in [1.165, 1.54) is 0 Å². The average molecular weight is 236 g/mol. The molecule has 0 saturated heterocycles. The van der Waals surface area contributed by atoms with Crippen LogP contribution in [0.3, 0.4) is 0 Å². The Bertz CT molecular complexity index is 392. The molecule has 1 saturated carbocycles. The molecule has 0 N–H and O–H groups in total. The van der Waals surface area contributed by atoms with Crippen LogP contribution in [0.1, 0.15) is 38.2 Å². The SMILES string of the molecule is CCn1cc(CC(=O)C2(OC)CCCC2)cn1. The van der Waals surface area contributed by atoms with E-state index in [0.717, 1.165) is 37.8 Å². The summed E-state index contributed by atoms with van der Waals surface area (Å²) in [5.41, 5.74) is 0.467. The zero-order chi connectivity index (χ0) is 12.3. The van der Waals surface area contributed by atoms with Crippen molar-refractivity contribution in [2.24, 2.45) is 0 Å². The molecule has 0 radical (unpaired) electrons. The molecule has 0 bridgehead atoms. The number of nitrogens with zero attached hydrogens (tertiary/aromatic N) is 2. The molecule has 1 aromatic heterocycles. The van der Waals surface area contributed by atoms with E-state index in [0.29, 0.717) is 6.42 Å². The number of Topliss-reactive ketones (excluding diaryl/α,β-unsaturated/α-hetero) is 1. The van der Waals surface area contributed by atoms with E-state index in [2.05, 4.69) is 5.10 Å². The van der Waals surface area contributed by atoms with Crippen molar-refractivity contribution in [1.82, 2.24) is 9.78 Å². The molecule has 0 aromatic carbocycles. The van der Waals surface area contributed by atoms with Gasteiger partial charge in [-0.2, -0.15) is 5.10 Å². The number of aromatic nitrogens is 2. The second-order valence-corrected chi connectivity index (χ2v) is 4.71. The van der Waals surface area contributed by atoms with Crippen molar-refractivity contribution in [3.8, 4) is 0 Å². The van der Waals surface area contributed by atoms with E-state index in [1.54, 1.807) is 13.3 Å². The summed E-state index contributed by atoms with van der Waals surface area (Å²) in [6, 6.07) is 0. The summed E-state index contributed by atoms with van der Waals surface area (Å²) in [4.78, 5) is 12.3. The van der Waals surface area contributed by atoms with Crippen LogP contribution in [0.5, 0.6) is 0 Å². The highest BCUT2D eigenvalue weighted by atomic mass is 16.5. The zero-order valence-electron chi connectivity index (χ0n) is 10.6. The van der Waals surface area contributed by atoms with E-state index < -0.39 is 5.60 Å². The molecule has 2 rings (SSSR count). The van der Waals surface area contributed by atoms with Gasteiger partial charge in [-0.3, -0.25) is 9.48 Å². The summed E-state index contributed by atoms with van der Waals surface area (Å²) in [6.45, 7) is 2.87. The quantitative estimate of drug-likeness (QED) is 0.785. The van der Waals surface area contributed by atoms with Gasteiger partial charge >= 0.3 is 0 Å². The summed E-state index contributed by atoms with van der Waals surface area (Å²) in [7, 11) is 1.65. The van der Waals surface area contributed by atoms with Crippen molar-refractivity contribution < 1.29 is 9.53 Å². The van der Waals surface area contributed by atoms with Crippen LogP contribution < -0.4 is 0 Å². The number of ether oxygens (including phenoxy) is 1. The van der Waals surface area contributed by atoms with Crippen LogP contribution >= 0.6 is 0 Å². The summed E-state index contributed by atoms with van der Waals surface area (Å²) < 4.78 is 7.33. The van der Waals surface area contributed by atoms with E-state index in [1.807, 2.05) is 17.8 Å². The molecule has 1 aliphatic carbocycles. The van der Waals surface area contributed by atoms with Crippen LogP contribution in [0, 0.1) is 0 Å². The predicted octanol–water partition coefficient (Wildman–Crippen LogP) is 1.97. The third kappa shape index (κ3) is 2.41. The molecule has 17 heavy (non-hydrogen) atoms. The molecule has 0 unspecified atom stereocenters. The van der Waals surface area contributed by atoms with E-state index in [-0.39, 0.29) is 5.78 Å². The average Bonchev–Trinajstić information content (AvgIpc) is 2.97. The lowest BCUT2D eigenvalue weighted by Crippen LogP contribution is -2.38. The summed E-state index contributed by atoms with van der Waals surface area (Å²) in [5.74, 6) is 0.202. The summed E-state index contributed by atoms with van der Waals surface area (Å²) in [5, 5.41) is 4.19. The van der Waals surface area contributed by atoms with Crippen molar-refractivity contribution in [1.29, 1.82) is 0 Å². The largest absolute Gasteiger partial charge is 0.370 e. The minimum atomic E-state index is -0.520. The first-order chi connectivity index (χ1) is 8.20. The maximum Gasteiger partial charge on any atom is 0.169 e. The molecule has 1 heterocycles. The molecule has 1 aliphatic rings. The van der Waals surface area contributed by atoms with Crippen LogP contribution in [0.4, 0.5) is 0 Å². The molecule has 0 amide bonds. The second-order valence-electron chi connectivity index (χ2n) is 4.71. The minimum absolute atomic E-state index is 0.202. The minimum Gasteiger partial charge on any atom is -0.370 e.